The van der Waals surface area contributed by atoms with Gasteiger partial charge in [0.25, 0.3) is 0 Å². The molecule has 0 saturated heterocycles. The summed E-state index contributed by atoms with van der Waals surface area (Å²) < 4.78 is 21.8. The Balaban J connectivity index is 2.41. The van der Waals surface area contributed by atoms with Crippen LogP contribution in [-0.4, -0.2) is 27.0 Å². The summed E-state index contributed by atoms with van der Waals surface area (Å²) in [6, 6.07) is 10.2. The summed E-state index contributed by atoms with van der Waals surface area (Å²) in [4.78, 5) is 0. The molecule has 1 rings (SSSR count). The van der Waals surface area contributed by atoms with Gasteiger partial charge >= 0.3 is 0 Å². The molecule has 0 aliphatic rings. The van der Waals surface area contributed by atoms with Crippen LogP contribution in [0.15, 0.2) is 30.3 Å². The Bertz CT molecular complexity index is 386. The van der Waals surface area contributed by atoms with Crippen molar-refractivity contribution in [1.29, 1.82) is 0 Å². The lowest BCUT2D eigenvalue weighted by atomic mass is 10.1. The maximum atomic E-state index is 10.9. The molecule has 0 saturated carbocycles. The monoisotopic (exact) mass is 227 g/mol. The van der Waals surface area contributed by atoms with Crippen molar-refractivity contribution in [2.45, 2.75) is 13.0 Å². The first-order valence-corrected chi connectivity index (χ1v) is 7.01. The predicted molar refractivity (Wildman–Crippen MR) is 62.6 cm³/mol. The molecule has 1 aromatic carbocycles. The van der Waals surface area contributed by atoms with Crippen LogP contribution in [-0.2, 0) is 9.84 Å². The minimum Gasteiger partial charge on any atom is -0.309 e. The molecule has 15 heavy (non-hydrogen) atoms. The van der Waals surface area contributed by atoms with Gasteiger partial charge in [0.2, 0.25) is 0 Å². The number of sulfone groups is 1. The first kappa shape index (κ1) is 12.2. The second-order valence-corrected chi connectivity index (χ2v) is 5.98. The summed E-state index contributed by atoms with van der Waals surface area (Å²) in [5.41, 5.74) is 1.17. The zero-order chi connectivity index (χ0) is 11.3. The van der Waals surface area contributed by atoms with E-state index in [1.807, 2.05) is 37.3 Å². The van der Waals surface area contributed by atoms with E-state index in [0.717, 1.165) is 0 Å². The van der Waals surface area contributed by atoms with Gasteiger partial charge in [-0.25, -0.2) is 8.42 Å². The van der Waals surface area contributed by atoms with Gasteiger partial charge in [-0.15, -0.1) is 0 Å². The smallest absolute Gasteiger partial charge is 0.148 e. The average molecular weight is 227 g/mol. The number of rotatable bonds is 5. The van der Waals surface area contributed by atoms with E-state index in [1.54, 1.807) is 0 Å². The molecule has 3 nitrogen and oxygen atoms in total. The van der Waals surface area contributed by atoms with Crippen molar-refractivity contribution in [2.24, 2.45) is 0 Å². The van der Waals surface area contributed by atoms with Crippen LogP contribution in [0, 0.1) is 0 Å². The Kier molecular flexibility index (Phi) is 4.29. The molecule has 0 aliphatic heterocycles. The summed E-state index contributed by atoms with van der Waals surface area (Å²) in [5.74, 6) is 0.185. The summed E-state index contributed by atoms with van der Waals surface area (Å²) in [7, 11) is -2.86. The number of nitrogens with one attached hydrogen (secondary N) is 1. The Morgan fingerprint density at radius 1 is 1.27 bits per heavy atom. The lowest BCUT2D eigenvalue weighted by Crippen LogP contribution is -2.25. The van der Waals surface area contributed by atoms with Crippen LogP contribution in [0.3, 0.4) is 0 Å². The number of hydrogen-bond donors (Lipinski definition) is 1. The van der Waals surface area contributed by atoms with Gasteiger partial charge in [-0.05, 0) is 12.5 Å². The third kappa shape index (κ3) is 4.95. The molecule has 1 atom stereocenters. The van der Waals surface area contributed by atoms with Crippen LogP contribution < -0.4 is 5.32 Å². The van der Waals surface area contributed by atoms with E-state index in [9.17, 15) is 8.42 Å². The van der Waals surface area contributed by atoms with E-state index in [4.69, 9.17) is 0 Å². The highest BCUT2D eigenvalue weighted by Crippen LogP contribution is 2.10. The lowest BCUT2D eigenvalue weighted by molar-refractivity contribution is 0.576. The van der Waals surface area contributed by atoms with Gasteiger partial charge in [-0.3, -0.25) is 0 Å². The largest absolute Gasteiger partial charge is 0.309 e. The second kappa shape index (κ2) is 5.28. The van der Waals surface area contributed by atoms with Crippen LogP contribution in [0.1, 0.15) is 18.5 Å². The van der Waals surface area contributed by atoms with E-state index in [2.05, 4.69) is 5.32 Å². The molecule has 1 N–H and O–H groups in total. The highest BCUT2D eigenvalue weighted by atomic mass is 32.2. The Hall–Kier alpha value is -0.870. The third-order valence-electron chi connectivity index (χ3n) is 2.22. The van der Waals surface area contributed by atoms with Crippen molar-refractivity contribution >= 4 is 9.84 Å². The molecule has 4 heteroatoms. The quantitative estimate of drug-likeness (QED) is 0.826. The summed E-state index contributed by atoms with van der Waals surface area (Å²) >= 11 is 0. The fraction of sp³-hybridized carbons (Fsp3) is 0.455. The Morgan fingerprint density at radius 2 is 1.87 bits per heavy atom. The molecule has 0 heterocycles. The van der Waals surface area contributed by atoms with Crippen LogP contribution in [0.5, 0.6) is 0 Å². The molecule has 84 valence electrons. The molecule has 0 amide bonds. The van der Waals surface area contributed by atoms with Crippen molar-refractivity contribution in [2.75, 3.05) is 18.6 Å². The Labute approximate surface area is 91.4 Å². The number of benzene rings is 1. The van der Waals surface area contributed by atoms with Crippen molar-refractivity contribution in [1.82, 2.24) is 5.32 Å². The minimum atomic E-state index is -2.86. The zero-order valence-electron chi connectivity index (χ0n) is 9.10. The third-order valence-corrected chi connectivity index (χ3v) is 3.17. The van der Waals surface area contributed by atoms with Gasteiger partial charge in [0, 0.05) is 18.8 Å². The van der Waals surface area contributed by atoms with E-state index in [-0.39, 0.29) is 11.8 Å². The van der Waals surface area contributed by atoms with Crippen LogP contribution in [0.2, 0.25) is 0 Å². The molecular formula is C11H17NO2S. The van der Waals surface area contributed by atoms with Crippen LogP contribution in [0.25, 0.3) is 0 Å². The van der Waals surface area contributed by atoms with Gasteiger partial charge in [0.15, 0.2) is 0 Å². The second-order valence-electron chi connectivity index (χ2n) is 3.72. The molecule has 0 spiro atoms. The van der Waals surface area contributed by atoms with Gasteiger partial charge in [-0.2, -0.15) is 0 Å². The van der Waals surface area contributed by atoms with E-state index >= 15 is 0 Å². The van der Waals surface area contributed by atoms with E-state index in [0.29, 0.717) is 6.54 Å². The highest BCUT2D eigenvalue weighted by Gasteiger charge is 2.05. The predicted octanol–water partition coefficient (Wildman–Crippen LogP) is 1.38. The molecule has 0 fully saturated rings. The van der Waals surface area contributed by atoms with Gasteiger partial charge in [0.05, 0.1) is 5.75 Å². The standard InChI is InChI=1S/C11H17NO2S/c1-10(11-6-4-3-5-7-11)12-8-9-15(2,13)14/h3-7,10,12H,8-9H2,1-2H3. The molecule has 1 unspecified atom stereocenters. The van der Waals surface area contributed by atoms with Gasteiger partial charge < -0.3 is 5.32 Å². The average Bonchev–Trinajstić information content (AvgIpc) is 2.17. The van der Waals surface area contributed by atoms with Crippen molar-refractivity contribution in [3.8, 4) is 0 Å². The molecule has 0 bridgehead atoms. The molecular weight excluding hydrogens is 210 g/mol. The van der Waals surface area contributed by atoms with Gasteiger partial charge in [0.1, 0.15) is 9.84 Å². The zero-order valence-corrected chi connectivity index (χ0v) is 9.92. The van der Waals surface area contributed by atoms with Crippen molar-refractivity contribution < 1.29 is 8.42 Å². The molecule has 0 radical (unpaired) electrons. The SMILES string of the molecule is CC(NCCS(C)(=O)=O)c1ccccc1. The normalized spacial score (nSPS) is 13.7. The maximum Gasteiger partial charge on any atom is 0.148 e. The van der Waals surface area contributed by atoms with Crippen molar-refractivity contribution in [3.05, 3.63) is 35.9 Å². The molecule has 0 aromatic heterocycles. The minimum absolute atomic E-state index is 0.185. The first-order chi connectivity index (χ1) is 6.99. The van der Waals surface area contributed by atoms with Crippen molar-refractivity contribution in [3.63, 3.8) is 0 Å². The Morgan fingerprint density at radius 3 is 2.40 bits per heavy atom. The molecule has 0 aliphatic carbocycles. The number of hydrogen-bond acceptors (Lipinski definition) is 3. The summed E-state index contributed by atoms with van der Waals surface area (Å²) in [6.45, 7) is 2.52. The maximum absolute atomic E-state index is 10.9. The van der Waals surface area contributed by atoms with E-state index in [1.165, 1.54) is 11.8 Å². The van der Waals surface area contributed by atoms with Gasteiger partial charge in [-0.1, -0.05) is 30.3 Å². The first-order valence-electron chi connectivity index (χ1n) is 4.95. The topological polar surface area (TPSA) is 46.2 Å². The lowest BCUT2D eigenvalue weighted by Gasteiger charge is -2.13. The van der Waals surface area contributed by atoms with E-state index < -0.39 is 9.84 Å². The fourth-order valence-electron chi connectivity index (χ4n) is 1.32. The fourth-order valence-corrected chi connectivity index (χ4v) is 1.81. The molecule has 1 aromatic rings. The summed E-state index contributed by atoms with van der Waals surface area (Å²) in [6.07, 6.45) is 1.25. The summed E-state index contributed by atoms with van der Waals surface area (Å²) in [5, 5.41) is 3.18. The highest BCUT2D eigenvalue weighted by molar-refractivity contribution is 7.90. The van der Waals surface area contributed by atoms with Crippen LogP contribution in [0.4, 0.5) is 0 Å². The van der Waals surface area contributed by atoms with Crippen LogP contribution >= 0.6 is 0 Å².